The lowest BCUT2D eigenvalue weighted by Gasteiger charge is -2.31. The van der Waals surface area contributed by atoms with Crippen molar-refractivity contribution in [3.8, 4) is 11.5 Å². The molecule has 0 radical (unpaired) electrons. The number of aliphatic hydroxyl groups excluding tert-OH is 1. The number of hydrogen-bond donors (Lipinski definition) is 3. The quantitative estimate of drug-likeness (QED) is 0.223. The Labute approximate surface area is 247 Å². The highest BCUT2D eigenvalue weighted by molar-refractivity contribution is 5.79. The van der Waals surface area contributed by atoms with E-state index in [1.165, 1.54) is 0 Å². The van der Waals surface area contributed by atoms with E-state index < -0.39 is 12.1 Å². The van der Waals surface area contributed by atoms with Crippen LogP contribution in [0, 0.1) is 23.7 Å². The highest BCUT2D eigenvalue weighted by atomic mass is 16.5. The minimum absolute atomic E-state index is 0.0595. The van der Waals surface area contributed by atoms with Crippen molar-refractivity contribution in [3.63, 3.8) is 0 Å². The van der Waals surface area contributed by atoms with Crippen LogP contribution in [0.3, 0.4) is 0 Å². The molecule has 1 aromatic rings. The summed E-state index contributed by atoms with van der Waals surface area (Å²) in [5.41, 5.74) is 7.73. The molecule has 2 rings (SSSR count). The number of rotatable bonds is 18. The lowest BCUT2D eigenvalue weighted by atomic mass is 9.80. The van der Waals surface area contributed by atoms with Gasteiger partial charge in [0.2, 0.25) is 5.91 Å². The van der Waals surface area contributed by atoms with Crippen LogP contribution >= 0.6 is 0 Å². The monoisotopic (exact) mass is 580 g/mol. The van der Waals surface area contributed by atoms with Gasteiger partial charge in [0.05, 0.1) is 38.6 Å². The van der Waals surface area contributed by atoms with E-state index in [2.05, 4.69) is 25.2 Å². The number of nitrogens with two attached hydrogens (primary N) is 1. The second kappa shape index (κ2) is 18.6. The van der Waals surface area contributed by atoms with Gasteiger partial charge >= 0.3 is 0 Å². The summed E-state index contributed by atoms with van der Waals surface area (Å²) in [7, 11) is 5.01. The second-order valence-corrected chi connectivity index (χ2v) is 12.1. The molecule has 1 heterocycles. The van der Waals surface area contributed by atoms with Crippen LogP contribution in [-0.4, -0.2) is 83.1 Å². The molecule has 236 valence electrons. The first-order chi connectivity index (χ1) is 19.6. The number of amides is 1. The van der Waals surface area contributed by atoms with Crippen molar-refractivity contribution in [2.45, 2.75) is 90.5 Å². The fraction of sp³-hybridized carbons (Fsp3) is 0.781. The van der Waals surface area contributed by atoms with E-state index in [-0.39, 0.29) is 35.8 Å². The molecule has 1 fully saturated rings. The third-order valence-electron chi connectivity index (χ3n) is 8.26. The van der Waals surface area contributed by atoms with Gasteiger partial charge < -0.3 is 39.8 Å². The lowest BCUT2D eigenvalue weighted by molar-refractivity contribution is -0.129. The predicted molar refractivity (Wildman–Crippen MR) is 161 cm³/mol. The smallest absolute Gasteiger partial charge is 0.223 e. The zero-order chi connectivity index (χ0) is 30.4. The molecular weight excluding hydrogens is 524 g/mol. The van der Waals surface area contributed by atoms with Crippen LogP contribution in [0.5, 0.6) is 11.5 Å². The molecule has 0 aliphatic carbocycles. The molecule has 1 amide bonds. The van der Waals surface area contributed by atoms with Crippen LogP contribution in [0.15, 0.2) is 18.2 Å². The second-order valence-electron chi connectivity index (χ2n) is 12.1. The van der Waals surface area contributed by atoms with E-state index in [9.17, 15) is 9.90 Å². The molecule has 9 heteroatoms. The van der Waals surface area contributed by atoms with Crippen LogP contribution in [-0.2, 0) is 25.4 Å². The summed E-state index contributed by atoms with van der Waals surface area (Å²) in [5.74, 6) is 1.67. The van der Waals surface area contributed by atoms with Crippen molar-refractivity contribution < 1.29 is 33.6 Å². The third kappa shape index (κ3) is 12.1. The van der Waals surface area contributed by atoms with E-state index in [1.807, 2.05) is 26.0 Å². The zero-order valence-electron chi connectivity index (χ0n) is 26.4. The van der Waals surface area contributed by atoms with Crippen LogP contribution in [0.1, 0.15) is 65.4 Å². The van der Waals surface area contributed by atoms with Crippen molar-refractivity contribution in [2.24, 2.45) is 29.4 Å². The van der Waals surface area contributed by atoms with E-state index in [1.54, 1.807) is 21.3 Å². The Kier molecular flexibility index (Phi) is 16.0. The molecule has 0 spiro atoms. The normalized spacial score (nSPS) is 20.8. The number of methoxy groups -OCH3 is 3. The highest BCUT2D eigenvalue weighted by Gasteiger charge is 2.32. The van der Waals surface area contributed by atoms with Crippen LogP contribution in [0.2, 0.25) is 0 Å². The summed E-state index contributed by atoms with van der Waals surface area (Å²) < 4.78 is 27.8. The van der Waals surface area contributed by atoms with Crippen LogP contribution in [0.25, 0.3) is 0 Å². The fourth-order valence-corrected chi connectivity index (χ4v) is 5.43. The van der Waals surface area contributed by atoms with Crippen molar-refractivity contribution in [1.29, 1.82) is 0 Å². The Balaban J connectivity index is 2.01. The number of carbonyl (C=O) groups is 1. The van der Waals surface area contributed by atoms with Gasteiger partial charge in [-0.25, -0.2) is 0 Å². The largest absolute Gasteiger partial charge is 0.493 e. The molecule has 4 N–H and O–H groups in total. The maximum atomic E-state index is 13.3. The Morgan fingerprint density at radius 1 is 1.10 bits per heavy atom. The molecule has 1 saturated heterocycles. The van der Waals surface area contributed by atoms with Crippen molar-refractivity contribution >= 4 is 5.91 Å². The number of aliphatic hydroxyl groups is 1. The van der Waals surface area contributed by atoms with Crippen molar-refractivity contribution in [1.82, 2.24) is 5.32 Å². The summed E-state index contributed by atoms with van der Waals surface area (Å²) in [6.07, 6.45) is 3.37. The molecule has 1 aromatic carbocycles. The number of carbonyl (C=O) groups excluding carboxylic acids is 1. The molecule has 0 aromatic heterocycles. The minimum atomic E-state index is -0.790. The number of hydrogen-bond acceptors (Lipinski definition) is 8. The van der Waals surface area contributed by atoms with Gasteiger partial charge in [0.25, 0.3) is 0 Å². The summed E-state index contributed by atoms with van der Waals surface area (Å²) in [5, 5.41) is 14.3. The first-order valence-corrected chi connectivity index (χ1v) is 15.2. The summed E-state index contributed by atoms with van der Waals surface area (Å²) in [6, 6.07) is 5.48. The highest BCUT2D eigenvalue weighted by Crippen LogP contribution is 2.32. The molecule has 41 heavy (non-hydrogen) atoms. The molecular formula is C32H56N2O7. The van der Waals surface area contributed by atoms with E-state index >= 15 is 0 Å². The maximum absolute atomic E-state index is 13.3. The van der Waals surface area contributed by atoms with Crippen LogP contribution in [0.4, 0.5) is 0 Å². The van der Waals surface area contributed by atoms with Gasteiger partial charge in [-0.15, -0.1) is 0 Å². The van der Waals surface area contributed by atoms with E-state index in [0.717, 1.165) is 37.0 Å². The molecule has 6 atom stereocenters. The summed E-state index contributed by atoms with van der Waals surface area (Å²) in [6.45, 7) is 10.7. The summed E-state index contributed by atoms with van der Waals surface area (Å²) >= 11 is 0. The Morgan fingerprint density at radius 2 is 1.85 bits per heavy atom. The van der Waals surface area contributed by atoms with Gasteiger partial charge in [0.15, 0.2) is 11.5 Å². The average molecular weight is 581 g/mol. The van der Waals surface area contributed by atoms with Gasteiger partial charge in [-0.05, 0) is 67.6 Å². The Bertz CT molecular complexity index is 882. The average Bonchev–Trinajstić information content (AvgIpc) is 3.18. The van der Waals surface area contributed by atoms with Gasteiger partial charge in [0.1, 0.15) is 0 Å². The van der Waals surface area contributed by atoms with Crippen molar-refractivity contribution in [3.05, 3.63) is 23.8 Å². The zero-order valence-corrected chi connectivity index (χ0v) is 26.4. The predicted octanol–water partition coefficient (Wildman–Crippen LogP) is 3.98. The van der Waals surface area contributed by atoms with Gasteiger partial charge in [0, 0.05) is 45.8 Å². The first-order valence-electron chi connectivity index (χ1n) is 15.2. The van der Waals surface area contributed by atoms with E-state index in [4.69, 9.17) is 29.4 Å². The first kappa shape index (κ1) is 35.3. The topological polar surface area (TPSA) is 122 Å². The molecule has 9 nitrogen and oxygen atoms in total. The van der Waals surface area contributed by atoms with Crippen molar-refractivity contribution in [2.75, 3.05) is 47.8 Å². The van der Waals surface area contributed by atoms with Gasteiger partial charge in [-0.3, -0.25) is 4.79 Å². The number of ether oxygens (including phenoxy) is 5. The minimum Gasteiger partial charge on any atom is -0.493 e. The van der Waals surface area contributed by atoms with Gasteiger partial charge in [-0.2, -0.15) is 0 Å². The lowest BCUT2D eigenvalue weighted by Crippen LogP contribution is -2.46. The molecule has 4 unspecified atom stereocenters. The Hall–Kier alpha value is -1.91. The van der Waals surface area contributed by atoms with Crippen LogP contribution < -0.4 is 20.5 Å². The summed E-state index contributed by atoms with van der Waals surface area (Å²) in [4.78, 5) is 13.3. The maximum Gasteiger partial charge on any atom is 0.223 e. The third-order valence-corrected chi connectivity index (χ3v) is 8.26. The molecule has 1 aliphatic rings. The fourth-order valence-electron chi connectivity index (χ4n) is 5.43. The molecule has 1 aliphatic heterocycles. The SMILES string of the molecule is COCCCOc1cc(CC(CC(N)C(O)CC(C(=O)N[C@@H]2COCC[C@@H](OC)C2)C(C)C)C(C)C)ccc1OC. The number of benzene rings is 1. The molecule has 0 bridgehead atoms. The van der Waals surface area contributed by atoms with Gasteiger partial charge in [-0.1, -0.05) is 33.8 Å². The number of nitrogens with one attached hydrogen (secondary N) is 1. The van der Waals surface area contributed by atoms with E-state index in [0.29, 0.717) is 50.9 Å². The molecule has 0 saturated carbocycles. The Morgan fingerprint density at radius 3 is 2.49 bits per heavy atom. The standard InChI is InChI=1S/C32H56N2O7/c1-21(2)24(15-23-9-10-30(39-7)31(16-23)41-13-8-12-37-5)17-28(33)29(35)19-27(22(3)4)32(36)34-25-18-26(38-6)11-14-40-20-25/h9-10,16,21-22,24-29,35H,8,11-15,17-20,33H2,1-7H3,(H,34,36)/t24?,25-,26+,27?,28?,29?/m0/s1.